The number of rotatable bonds is 0. The van der Waals surface area contributed by atoms with Gasteiger partial charge in [-0.3, -0.25) is 0 Å². The van der Waals surface area contributed by atoms with Crippen molar-refractivity contribution in [3.63, 3.8) is 0 Å². The van der Waals surface area contributed by atoms with Gasteiger partial charge < -0.3 is 24.8 Å². The molecule has 1 aliphatic rings. The molecule has 0 aliphatic heterocycles. The summed E-state index contributed by atoms with van der Waals surface area (Å²) in [7, 11) is 1.23. The Balaban J connectivity index is -0.000000333. The molecule has 74 valence electrons. The Bertz CT molecular complexity index is 210. The van der Waals surface area contributed by atoms with Crippen LogP contribution in [0, 0.1) is 5.92 Å². The van der Waals surface area contributed by atoms with Crippen molar-refractivity contribution in [2.45, 2.75) is 27.7 Å². The monoisotopic (exact) mass is 270 g/mol. The Hall–Kier alpha value is 0.991. The second-order valence-electron chi connectivity index (χ2n) is 3.34. The van der Waals surface area contributed by atoms with Crippen LogP contribution < -0.4 is 24.8 Å². The predicted octanol–water partition coefficient (Wildman–Crippen LogP) is -4.38. The summed E-state index contributed by atoms with van der Waals surface area (Å²) < 4.78 is 0. The van der Waals surface area contributed by atoms with Gasteiger partial charge in [-0.2, -0.15) is 0 Å². The fourth-order valence-corrected chi connectivity index (χ4v) is 2.37. The van der Waals surface area contributed by atoms with Gasteiger partial charge in [-0.05, 0) is 32.3 Å². The Morgan fingerprint density at radius 3 is 1.46 bits per heavy atom. The topological polar surface area (TPSA) is 0 Å². The number of hydrogen-bond acceptors (Lipinski definition) is 0. The molecule has 1 unspecified atom stereocenters. The van der Waals surface area contributed by atoms with Gasteiger partial charge in [0.15, 0.2) is 0 Å². The predicted molar refractivity (Wildman–Crippen MR) is 50.2 cm³/mol. The van der Waals surface area contributed by atoms with Gasteiger partial charge in [0.2, 0.25) is 0 Å². The van der Waals surface area contributed by atoms with Crippen LogP contribution in [0.4, 0.5) is 0 Å². The molecule has 0 spiro atoms. The van der Waals surface area contributed by atoms with Gasteiger partial charge in [0.05, 0.1) is 0 Å². The van der Waals surface area contributed by atoms with Crippen LogP contribution in [0.3, 0.4) is 0 Å². The molecule has 0 aromatic heterocycles. The van der Waals surface area contributed by atoms with E-state index in [0.717, 1.165) is 5.92 Å². The van der Waals surface area contributed by atoms with Crippen molar-refractivity contribution in [1.82, 2.24) is 0 Å². The van der Waals surface area contributed by atoms with Crippen LogP contribution in [0.15, 0.2) is 21.9 Å². The maximum atomic E-state index is 2.32. The molecule has 0 radical (unpaired) electrons. The zero-order chi connectivity index (χ0) is 7.89. The normalized spacial score (nSPS) is 20.8. The van der Waals surface area contributed by atoms with Crippen LogP contribution in [0.25, 0.3) is 0 Å². The third-order valence-corrected chi connectivity index (χ3v) is 4.66. The molecule has 0 saturated carbocycles. The van der Waals surface area contributed by atoms with Crippen LogP contribution in [0.1, 0.15) is 27.7 Å². The van der Waals surface area contributed by atoms with Crippen LogP contribution in [-0.4, -0.2) is 10.2 Å². The molecule has 0 aromatic rings. The Labute approximate surface area is 112 Å². The summed E-state index contributed by atoms with van der Waals surface area (Å²) in [6.07, 6.45) is 0. The molecule has 1 aliphatic carbocycles. The maximum Gasteiger partial charge on any atom is 2.00 e. The fourth-order valence-electron chi connectivity index (χ4n) is 1.57. The van der Waals surface area contributed by atoms with Crippen molar-refractivity contribution in [3.05, 3.63) is 21.9 Å². The second-order valence-corrected chi connectivity index (χ2v) is 4.42. The summed E-state index contributed by atoms with van der Waals surface area (Å²) in [4.78, 5) is 0. The summed E-state index contributed by atoms with van der Waals surface area (Å²) >= 11 is 0. The van der Waals surface area contributed by atoms with Crippen LogP contribution in [0.5, 0.6) is 0 Å². The molecule has 0 heterocycles. The molecule has 1 atom stereocenters. The summed E-state index contributed by atoms with van der Waals surface area (Å²) in [6.45, 7) is 9.07. The zero-order valence-electron chi connectivity index (χ0n) is 8.83. The summed E-state index contributed by atoms with van der Waals surface area (Å²) in [5.41, 5.74) is 4.69. The van der Waals surface area contributed by atoms with Crippen molar-refractivity contribution in [2.75, 3.05) is 0 Å². The van der Waals surface area contributed by atoms with E-state index in [1.54, 1.807) is 16.3 Å². The molecule has 0 N–H and O–H groups in total. The minimum atomic E-state index is 0. The fraction of sp³-hybridized carbons (Fsp3) is 0.556. The molecule has 13 heavy (non-hydrogen) atoms. The van der Waals surface area contributed by atoms with Gasteiger partial charge in [-0.25, -0.2) is 0 Å². The van der Waals surface area contributed by atoms with E-state index in [1.165, 1.54) is 15.8 Å². The van der Waals surface area contributed by atoms with Crippen molar-refractivity contribution >= 4 is 10.2 Å². The molecular weight excluding hydrogens is 255 g/mol. The summed E-state index contributed by atoms with van der Waals surface area (Å²) in [6, 6.07) is 0. The molecule has 0 bridgehead atoms. The van der Waals surface area contributed by atoms with Gasteiger partial charge in [-0.1, -0.05) is 23.3 Å². The smallest absolute Gasteiger partial charge is 1.00 e. The first-order chi connectivity index (χ1) is 4.55. The quantitative estimate of drug-likeness (QED) is 0.390. The van der Waals surface area contributed by atoms with E-state index >= 15 is 0 Å². The molecular formula is C9H16Cl2SiTi. The molecule has 0 fully saturated rings. The number of allylic oxidation sites excluding steroid dienone is 4. The third-order valence-electron chi connectivity index (χ3n) is 3.04. The maximum absolute atomic E-state index is 2.32. The van der Waals surface area contributed by atoms with Crippen molar-refractivity contribution < 1.29 is 46.5 Å². The zero-order valence-corrected chi connectivity index (χ0v) is 13.9. The van der Waals surface area contributed by atoms with Crippen molar-refractivity contribution in [3.8, 4) is 0 Å². The molecule has 0 amide bonds. The molecule has 4 heteroatoms. The molecule has 0 saturated heterocycles. The summed E-state index contributed by atoms with van der Waals surface area (Å²) in [5.74, 6) is 0.756. The SMILES string of the molecule is CC1=C(C)C(C)C([SiH3])=C1C.[Cl-].[Cl-].[Ti+2]. The third kappa shape index (κ3) is 3.56. The average Bonchev–Trinajstić information content (AvgIpc) is 2.07. The Morgan fingerprint density at radius 1 is 1.00 bits per heavy atom. The van der Waals surface area contributed by atoms with E-state index < -0.39 is 0 Å². The second kappa shape index (κ2) is 7.30. The van der Waals surface area contributed by atoms with Crippen LogP contribution in [-0.2, 0) is 21.7 Å². The van der Waals surface area contributed by atoms with Gasteiger partial charge >= 0.3 is 21.7 Å². The number of halogens is 2. The van der Waals surface area contributed by atoms with Gasteiger partial charge in [0.1, 0.15) is 0 Å². The van der Waals surface area contributed by atoms with E-state index in [9.17, 15) is 0 Å². The van der Waals surface area contributed by atoms with E-state index in [1.807, 2.05) is 0 Å². The van der Waals surface area contributed by atoms with Crippen molar-refractivity contribution in [1.29, 1.82) is 0 Å². The van der Waals surface area contributed by atoms with Crippen LogP contribution in [0.2, 0.25) is 0 Å². The first kappa shape index (κ1) is 19.5. The minimum Gasteiger partial charge on any atom is -1.00 e. The number of hydrogen-bond donors (Lipinski definition) is 0. The molecule has 0 aromatic carbocycles. The van der Waals surface area contributed by atoms with Gasteiger partial charge in [0, 0.05) is 10.2 Å². The average molecular weight is 271 g/mol. The Morgan fingerprint density at radius 2 is 1.38 bits per heavy atom. The van der Waals surface area contributed by atoms with Gasteiger partial charge in [-0.15, -0.1) is 0 Å². The van der Waals surface area contributed by atoms with E-state index in [-0.39, 0.29) is 46.5 Å². The largest absolute Gasteiger partial charge is 2.00 e. The van der Waals surface area contributed by atoms with Crippen molar-refractivity contribution in [2.24, 2.45) is 5.92 Å². The first-order valence-corrected chi connectivity index (χ1v) is 4.90. The van der Waals surface area contributed by atoms with E-state index in [2.05, 4.69) is 27.7 Å². The van der Waals surface area contributed by atoms with E-state index in [4.69, 9.17) is 0 Å². The standard InChI is InChI=1S/C9H16Si.2ClH.Ti/c1-5-6(2)8(4)9(10)7(5)3;;;/h7H,1-4,10H3;2*1H;/q;;;+2/p-2. The van der Waals surface area contributed by atoms with Crippen LogP contribution >= 0.6 is 0 Å². The minimum absolute atomic E-state index is 0. The molecule has 0 nitrogen and oxygen atoms in total. The summed E-state index contributed by atoms with van der Waals surface area (Å²) in [5, 5.41) is 1.69. The first-order valence-electron chi connectivity index (χ1n) is 3.90. The van der Waals surface area contributed by atoms with Gasteiger partial charge in [0.25, 0.3) is 0 Å². The molecule has 1 rings (SSSR count). The Kier molecular flexibility index (Phi) is 11.0. The van der Waals surface area contributed by atoms with E-state index in [0.29, 0.717) is 0 Å².